The molecule has 0 spiro atoms. The molecule has 0 aliphatic rings. The standard InChI is InChI=1S/C21H20N2/c1-4-23-15(2)11-20(16(23)3)13-21(14-22)19-10-9-17-7-5-6-8-18(17)12-19/h5-13H,4H2,1-3H3. The van der Waals surface area contributed by atoms with Crippen molar-refractivity contribution in [1.29, 1.82) is 5.26 Å². The minimum Gasteiger partial charge on any atom is -0.349 e. The second kappa shape index (κ2) is 6.14. The Morgan fingerprint density at radius 2 is 1.83 bits per heavy atom. The van der Waals surface area contributed by atoms with Crippen molar-refractivity contribution in [3.05, 3.63) is 71.0 Å². The van der Waals surface area contributed by atoms with E-state index in [4.69, 9.17) is 0 Å². The van der Waals surface area contributed by atoms with Crippen molar-refractivity contribution in [2.24, 2.45) is 0 Å². The summed E-state index contributed by atoms with van der Waals surface area (Å²) in [5.74, 6) is 0. The van der Waals surface area contributed by atoms with Crippen LogP contribution in [0.1, 0.15) is 29.4 Å². The van der Waals surface area contributed by atoms with Crippen LogP contribution in [-0.2, 0) is 6.54 Å². The molecular formula is C21H20N2. The van der Waals surface area contributed by atoms with Gasteiger partial charge in [0.2, 0.25) is 0 Å². The number of hydrogen-bond acceptors (Lipinski definition) is 1. The second-order valence-electron chi connectivity index (χ2n) is 5.80. The van der Waals surface area contributed by atoms with Gasteiger partial charge in [-0.3, -0.25) is 0 Å². The molecule has 1 heterocycles. The molecule has 3 aromatic rings. The largest absolute Gasteiger partial charge is 0.349 e. The SMILES string of the molecule is CCn1c(C)cc(C=C(C#N)c2ccc3ccccc3c2)c1C. The quantitative estimate of drug-likeness (QED) is 0.600. The summed E-state index contributed by atoms with van der Waals surface area (Å²) < 4.78 is 2.27. The topological polar surface area (TPSA) is 28.7 Å². The van der Waals surface area contributed by atoms with Crippen LogP contribution in [0.15, 0.2) is 48.5 Å². The Bertz CT molecular complexity index is 936. The fourth-order valence-corrected chi connectivity index (χ4v) is 3.15. The Labute approximate surface area is 137 Å². The Balaban J connectivity index is 2.09. The van der Waals surface area contributed by atoms with Crippen LogP contribution in [0.25, 0.3) is 22.4 Å². The van der Waals surface area contributed by atoms with Crippen LogP contribution in [0.2, 0.25) is 0 Å². The number of nitrogens with zero attached hydrogens (tertiary/aromatic N) is 2. The summed E-state index contributed by atoms with van der Waals surface area (Å²) >= 11 is 0. The first-order valence-electron chi connectivity index (χ1n) is 7.91. The molecule has 114 valence electrons. The van der Waals surface area contributed by atoms with Crippen molar-refractivity contribution in [3.8, 4) is 6.07 Å². The van der Waals surface area contributed by atoms with Gasteiger partial charge >= 0.3 is 0 Å². The monoisotopic (exact) mass is 300 g/mol. The highest BCUT2D eigenvalue weighted by Crippen LogP contribution is 2.25. The maximum Gasteiger partial charge on any atom is 0.0998 e. The molecule has 0 fully saturated rings. The second-order valence-corrected chi connectivity index (χ2v) is 5.80. The summed E-state index contributed by atoms with van der Waals surface area (Å²) in [5, 5.41) is 12.0. The smallest absolute Gasteiger partial charge is 0.0998 e. The van der Waals surface area contributed by atoms with E-state index in [2.05, 4.69) is 61.7 Å². The summed E-state index contributed by atoms with van der Waals surface area (Å²) in [6.45, 7) is 7.30. The number of rotatable bonds is 3. The van der Waals surface area contributed by atoms with Gasteiger partial charge in [-0.25, -0.2) is 0 Å². The molecule has 1 aromatic heterocycles. The van der Waals surface area contributed by atoms with Gasteiger partial charge < -0.3 is 4.57 Å². The highest BCUT2D eigenvalue weighted by molar-refractivity contribution is 5.94. The summed E-state index contributed by atoms with van der Waals surface area (Å²) in [4.78, 5) is 0. The number of aryl methyl sites for hydroxylation is 1. The van der Waals surface area contributed by atoms with Gasteiger partial charge in [0.05, 0.1) is 11.6 Å². The Kier molecular flexibility index (Phi) is 4.04. The van der Waals surface area contributed by atoms with Crippen LogP contribution in [0, 0.1) is 25.2 Å². The third-order valence-corrected chi connectivity index (χ3v) is 4.41. The Hall–Kier alpha value is -2.79. The van der Waals surface area contributed by atoms with E-state index in [0.717, 1.165) is 23.1 Å². The molecule has 2 aromatic carbocycles. The molecule has 0 radical (unpaired) electrons. The normalized spacial score (nSPS) is 11.7. The molecule has 0 bridgehead atoms. The van der Waals surface area contributed by atoms with E-state index >= 15 is 0 Å². The molecule has 0 unspecified atom stereocenters. The van der Waals surface area contributed by atoms with Gasteiger partial charge in [0.15, 0.2) is 0 Å². The summed E-state index contributed by atoms with van der Waals surface area (Å²) in [6.07, 6.45) is 2.00. The van der Waals surface area contributed by atoms with E-state index in [1.165, 1.54) is 16.8 Å². The average Bonchev–Trinajstić information content (AvgIpc) is 2.85. The molecule has 0 saturated carbocycles. The zero-order valence-electron chi connectivity index (χ0n) is 13.8. The molecule has 0 N–H and O–H groups in total. The highest BCUT2D eigenvalue weighted by Gasteiger charge is 2.08. The van der Waals surface area contributed by atoms with Crippen molar-refractivity contribution in [3.63, 3.8) is 0 Å². The maximum atomic E-state index is 9.61. The molecule has 2 heteroatoms. The minimum atomic E-state index is 0.701. The van der Waals surface area contributed by atoms with Crippen LogP contribution in [-0.4, -0.2) is 4.57 Å². The van der Waals surface area contributed by atoms with E-state index in [9.17, 15) is 5.26 Å². The lowest BCUT2D eigenvalue weighted by Crippen LogP contribution is -1.98. The van der Waals surface area contributed by atoms with E-state index in [1.54, 1.807) is 0 Å². The minimum absolute atomic E-state index is 0.701. The lowest BCUT2D eigenvalue weighted by molar-refractivity contribution is 0.718. The summed E-state index contributed by atoms with van der Waals surface area (Å²) in [6, 6.07) is 18.9. The number of fused-ring (bicyclic) bond motifs is 1. The molecule has 3 rings (SSSR count). The van der Waals surface area contributed by atoms with Gasteiger partial charge in [0.25, 0.3) is 0 Å². The third kappa shape index (κ3) is 2.78. The zero-order valence-corrected chi connectivity index (χ0v) is 13.8. The number of allylic oxidation sites excluding steroid dienone is 1. The van der Waals surface area contributed by atoms with E-state index in [0.29, 0.717) is 5.57 Å². The lowest BCUT2D eigenvalue weighted by atomic mass is 10.0. The molecule has 2 nitrogen and oxygen atoms in total. The first-order chi connectivity index (χ1) is 11.1. The van der Waals surface area contributed by atoms with Gasteiger partial charge in [0, 0.05) is 17.9 Å². The zero-order chi connectivity index (χ0) is 16.4. The van der Waals surface area contributed by atoms with Crippen molar-refractivity contribution in [2.45, 2.75) is 27.3 Å². The van der Waals surface area contributed by atoms with Gasteiger partial charge in [-0.2, -0.15) is 5.26 Å². The number of nitriles is 1. The van der Waals surface area contributed by atoms with E-state index in [-0.39, 0.29) is 0 Å². The molecular weight excluding hydrogens is 280 g/mol. The molecule has 0 amide bonds. The van der Waals surface area contributed by atoms with E-state index in [1.807, 2.05) is 24.3 Å². The van der Waals surface area contributed by atoms with Crippen LogP contribution in [0.4, 0.5) is 0 Å². The molecule has 0 atom stereocenters. The van der Waals surface area contributed by atoms with Crippen molar-refractivity contribution >= 4 is 22.4 Å². The number of aromatic nitrogens is 1. The fourth-order valence-electron chi connectivity index (χ4n) is 3.15. The molecule has 0 saturated heterocycles. The molecule has 23 heavy (non-hydrogen) atoms. The summed E-state index contributed by atoms with van der Waals surface area (Å²) in [5.41, 5.74) is 5.22. The Morgan fingerprint density at radius 1 is 1.09 bits per heavy atom. The van der Waals surface area contributed by atoms with Gasteiger partial charge in [-0.05, 0) is 60.9 Å². The maximum absolute atomic E-state index is 9.61. The predicted molar refractivity (Wildman–Crippen MR) is 97.0 cm³/mol. The fraction of sp³-hybridized carbons (Fsp3) is 0.190. The van der Waals surface area contributed by atoms with Gasteiger partial charge in [-0.15, -0.1) is 0 Å². The van der Waals surface area contributed by atoms with Crippen LogP contribution < -0.4 is 0 Å². The van der Waals surface area contributed by atoms with Gasteiger partial charge in [-0.1, -0.05) is 36.4 Å². The van der Waals surface area contributed by atoms with Crippen molar-refractivity contribution < 1.29 is 0 Å². The summed E-state index contributed by atoms with van der Waals surface area (Å²) in [7, 11) is 0. The molecule has 0 aliphatic heterocycles. The highest BCUT2D eigenvalue weighted by atomic mass is 15.0. The van der Waals surface area contributed by atoms with Crippen LogP contribution in [0.5, 0.6) is 0 Å². The first-order valence-corrected chi connectivity index (χ1v) is 7.91. The number of benzene rings is 2. The van der Waals surface area contributed by atoms with Gasteiger partial charge in [0.1, 0.15) is 0 Å². The number of hydrogen-bond donors (Lipinski definition) is 0. The first kappa shape index (κ1) is 15.1. The van der Waals surface area contributed by atoms with Crippen LogP contribution in [0.3, 0.4) is 0 Å². The van der Waals surface area contributed by atoms with E-state index < -0.39 is 0 Å². The predicted octanol–water partition coefficient (Wildman–Crippen LogP) is 5.34. The lowest BCUT2D eigenvalue weighted by Gasteiger charge is -2.05. The third-order valence-electron chi connectivity index (χ3n) is 4.41. The van der Waals surface area contributed by atoms with Crippen molar-refractivity contribution in [1.82, 2.24) is 4.57 Å². The van der Waals surface area contributed by atoms with Crippen molar-refractivity contribution in [2.75, 3.05) is 0 Å². The molecule has 0 aliphatic carbocycles. The average molecular weight is 300 g/mol. The van der Waals surface area contributed by atoms with Crippen LogP contribution >= 0.6 is 0 Å². The Morgan fingerprint density at radius 3 is 2.48 bits per heavy atom.